The summed E-state index contributed by atoms with van der Waals surface area (Å²) in [4.78, 5) is 24.5. The Bertz CT molecular complexity index is 1040. The Morgan fingerprint density at radius 2 is 0.781 bits per heavy atom. The van der Waals surface area contributed by atoms with E-state index in [0.29, 0.717) is 25.9 Å². The molecule has 2 unspecified atom stereocenters. The molecule has 0 fully saturated rings. The average Bonchev–Trinajstić information content (AvgIpc) is 3.29. The summed E-state index contributed by atoms with van der Waals surface area (Å²) in [5.74, 6) is -0.0822. The third kappa shape index (κ3) is 49.5. The van der Waals surface area contributed by atoms with Gasteiger partial charge in [0.15, 0.2) is 0 Å². The van der Waals surface area contributed by atoms with Crippen LogP contribution in [0.2, 0.25) is 0 Å². The minimum Gasteiger partial charge on any atom is -0.466 e. The van der Waals surface area contributed by atoms with Crippen LogP contribution < -0.4 is 5.32 Å². The molecule has 1 amide bonds. The quantitative estimate of drug-likeness (QED) is 0.0245. The first-order chi connectivity index (χ1) is 31.5. The molecule has 0 heterocycles. The predicted molar refractivity (Wildman–Crippen MR) is 278 cm³/mol. The van der Waals surface area contributed by atoms with Crippen molar-refractivity contribution in [3.8, 4) is 0 Å². The number of aliphatic hydroxyl groups is 2. The Morgan fingerprint density at radius 1 is 0.438 bits per heavy atom. The third-order valence-electron chi connectivity index (χ3n) is 12.9. The summed E-state index contributed by atoms with van der Waals surface area (Å²) in [6.45, 7) is 4.90. The molecule has 0 saturated carbocycles. The Labute approximate surface area is 398 Å². The van der Waals surface area contributed by atoms with Gasteiger partial charge >= 0.3 is 5.97 Å². The SMILES string of the molecule is CCCCCCCCC/C=C\CCCCCCCCCC(=O)OCCCCC/C=C\C=C/CCCCCCCCC(=O)NC(CO)C(O)CCCCCCCCCCCCCCCC. The zero-order valence-corrected chi connectivity index (χ0v) is 42.8. The zero-order chi connectivity index (χ0) is 46.5. The van der Waals surface area contributed by atoms with E-state index in [4.69, 9.17) is 4.74 Å². The van der Waals surface area contributed by atoms with Crippen molar-refractivity contribution in [2.75, 3.05) is 13.2 Å². The highest BCUT2D eigenvalue weighted by molar-refractivity contribution is 5.76. The number of hydrogen-bond donors (Lipinski definition) is 3. The highest BCUT2D eigenvalue weighted by atomic mass is 16.5. The van der Waals surface area contributed by atoms with Crippen molar-refractivity contribution in [3.63, 3.8) is 0 Å². The minimum absolute atomic E-state index is 0.0247. The molecule has 0 aliphatic carbocycles. The third-order valence-corrected chi connectivity index (χ3v) is 12.9. The van der Waals surface area contributed by atoms with Gasteiger partial charge in [-0.25, -0.2) is 0 Å². The fraction of sp³-hybridized carbons (Fsp3) is 0.862. The van der Waals surface area contributed by atoms with Gasteiger partial charge in [0, 0.05) is 12.8 Å². The molecule has 6 heteroatoms. The first-order valence-electron chi connectivity index (χ1n) is 28.3. The average molecular weight is 901 g/mol. The summed E-state index contributed by atoms with van der Waals surface area (Å²) in [6.07, 6.45) is 65.6. The number of carbonyl (C=O) groups is 2. The Morgan fingerprint density at radius 3 is 1.20 bits per heavy atom. The van der Waals surface area contributed by atoms with E-state index in [1.165, 1.54) is 186 Å². The number of allylic oxidation sites excluding steroid dienone is 6. The number of rotatable bonds is 52. The van der Waals surface area contributed by atoms with Crippen LogP contribution in [-0.2, 0) is 14.3 Å². The van der Waals surface area contributed by atoms with Crippen molar-refractivity contribution in [1.82, 2.24) is 5.32 Å². The van der Waals surface area contributed by atoms with E-state index in [9.17, 15) is 19.8 Å². The molecule has 0 aliphatic heterocycles. The van der Waals surface area contributed by atoms with E-state index in [2.05, 4.69) is 55.6 Å². The van der Waals surface area contributed by atoms with Gasteiger partial charge in [-0.3, -0.25) is 9.59 Å². The van der Waals surface area contributed by atoms with Gasteiger partial charge in [0.1, 0.15) is 0 Å². The lowest BCUT2D eigenvalue weighted by Gasteiger charge is -2.22. The summed E-state index contributed by atoms with van der Waals surface area (Å²) >= 11 is 0. The lowest BCUT2D eigenvalue weighted by atomic mass is 10.0. The monoisotopic (exact) mass is 900 g/mol. The number of carbonyl (C=O) groups excluding carboxylic acids is 2. The van der Waals surface area contributed by atoms with Crippen LogP contribution in [0.5, 0.6) is 0 Å². The molecule has 0 aromatic rings. The van der Waals surface area contributed by atoms with Crippen molar-refractivity contribution >= 4 is 11.9 Å². The topological polar surface area (TPSA) is 95.9 Å². The molecule has 0 rings (SSSR count). The summed E-state index contributed by atoms with van der Waals surface area (Å²) in [6, 6.07) is -0.558. The van der Waals surface area contributed by atoms with Crippen molar-refractivity contribution < 1.29 is 24.5 Å². The first kappa shape index (κ1) is 62.1. The fourth-order valence-corrected chi connectivity index (χ4v) is 8.57. The molecule has 0 saturated heterocycles. The van der Waals surface area contributed by atoms with Crippen LogP contribution in [0.15, 0.2) is 36.5 Å². The molecule has 0 radical (unpaired) electrons. The van der Waals surface area contributed by atoms with Crippen LogP contribution in [0.3, 0.4) is 0 Å². The number of hydrogen-bond acceptors (Lipinski definition) is 5. The van der Waals surface area contributed by atoms with Crippen LogP contribution in [0.1, 0.15) is 296 Å². The standard InChI is InChI=1S/C58H109NO5/c1-3-5-7-9-11-13-15-17-19-20-21-24-28-32-36-40-44-48-52-58(63)64-53-49-45-41-37-33-29-25-22-23-27-31-35-39-43-47-51-57(62)59-55(54-60)56(61)50-46-42-38-34-30-26-18-16-14-12-10-8-6-4-2/h19-20,22,25,29,33,55-56,60-61H,3-18,21,23-24,26-28,30-32,34-54H2,1-2H3,(H,59,62)/b20-19-,25-22-,33-29-. The number of amides is 1. The number of esters is 1. The minimum atomic E-state index is -0.679. The highest BCUT2D eigenvalue weighted by Gasteiger charge is 2.20. The Kier molecular flexibility index (Phi) is 52.1. The molecule has 3 N–H and O–H groups in total. The molecule has 6 nitrogen and oxygen atoms in total. The van der Waals surface area contributed by atoms with E-state index < -0.39 is 12.1 Å². The zero-order valence-electron chi connectivity index (χ0n) is 42.8. The molecule has 0 aromatic carbocycles. The van der Waals surface area contributed by atoms with Gasteiger partial charge in [0.2, 0.25) is 5.91 Å². The Hall–Kier alpha value is -1.92. The van der Waals surface area contributed by atoms with Crippen LogP contribution in [0, 0.1) is 0 Å². The van der Waals surface area contributed by atoms with E-state index in [0.717, 1.165) is 77.0 Å². The van der Waals surface area contributed by atoms with E-state index in [-0.39, 0.29) is 18.5 Å². The molecular weight excluding hydrogens is 791 g/mol. The van der Waals surface area contributed by atoms with Gasteiger partial charge < -0.3 is 20.3 Å². The lowest BCUT2D eigenvalue weighted by Crippen LogP contribution is -2.45. The summed E-state index contributed by atoms with van der Waals surface area (Å²) in [5.41, 5.74) is 0. The summed E-state index contributed by atoms with van der Waals surface area (Å²) in [5, 5.41) is 23.2. The molecule has 0 aliphatic rings. The van der Waals surface area contributed by atoms with Gasteiger partial charge in [-0.1, -0.05) is 237 Å². The first-order valence-corrected chi connectivity index (χ1v) is 28.3. The van der Waals surface area contributed by atoms with Crippen molar-refractivity contribution in [2.45, 2.75) is 309 Å². The normalized spacial score (nSPS) is 12.9. The van der Waals surface area contributed by atoms with Crippen LogP contribution in [0.4, 0.5) is 0 Å². The highest BCUT2D eigenvalue weighted by Crippen LogP contribution is 2.16. The van der Waals surface area contributed by atoms with Gasteiger partial charge in [-0.05, 0) is 83.5 Å². The lowest BCUT2D eigenvalue weighted by molar-refractivity contribution is -0.143. The summed E-state index contributed by atoms with van der Waals surface area (Å²) < 4.78 is 5.46. The van der Waals surface area contributed by atoms with E-state index in [1.807, 2.05) is 0 Å². The maximum atomic E-state index is 12.4. The Balaban J connectivity index is 3.51. The molecule has 376 valence electrons. The van der Waals surface area contributed by atoms with Gasteiger partial charge in [0.25, 0.3) is 0 Å². The largest absolute Gasteiger partial charge is 0.466 e. The molecule has 0 bridgehead atoms. The molecule has 2 atom stereocenters. The number of ether oxygens (including phenoxy) is 1. The van der Waals surface area contributed by atoms with Crippen molar-refractivity contribution in [2.24, 2.45) is 0 Å². The fourth-order valence-electron chi connectivity index (χ4n) is 8.57. The predicted octanol–water partition coefficient (Wildman–Crippen LogP) is 17.2. The second-order valence-corrected chi connectivity index (χ2v) is 19.3. The second kappa shape index (κ2) is 53.7. The van der Waals surface area contributed by atoms with Gasteiger partial charge in [-0.2, -0.15) is 0 Å². The van der Waals surface area contributed by atoms with E-state index in [1.54, 1.807) is 0 Å². The van der Waals surface area contributed by atoms with Gasteiger partial charge in [-0.15, -0.1) is 0 Å². The summed E-state index contributed by atoms with van der Waals surface area (Å²) in [7, 11) is 0. The van der Waals surface area contributed by atoms with Crippen LogP contribution in [-0.4, -0.2) is 47.4 Å². The molecule has 0 spiro atoms. The van der Waals surface area contributed by atoms with E-state index >= 15 is 0 Å². The number of unbranched alkanes of at least 4 members (excludes halogenated alkanes) is 36. The smallest absolute Gasteiger partial charge is 0.305 e. The molecule has 64 heavy (non-hydrogen) atoms. The maximum absolute atomic E-state index is 12.4. The molecule has 0 aromatic heterocycles. The van der Waals surface area contributed by atoms with Gasteiger partial charge in [0.05, 0.1) is 25.4 Å². The van der Waals surface area contributed by atoms with Crippen LogP contribution in [0.25, 0.3) is 0 Å². The van der Waals surface area contributed by atoms with Crippen molar-refractivity contribution in [1.29, 1.82) is 0 Å². The maximum Gasteiger partial charge on any atom is 0.305 e. The molecular formula is C58H109NO5. The van der Waals surface area contributed by atoms with Crippen LogP contribution >= 0.6 is 0 Å². The number of nitrogens with one attached hydrogen (secondary N) is 1. The number of aliphatic hydroxyl groups excluding tert-OH is 2. The van der Waals surface area contributed by atoms with Crippen molar-refractivity contribution in [3.05, 3.63) is 36.5 Å². The second-order valence-electron chi connectivity index (χ2n) is 19.3.